The van der Waals surface area contributed by atoms with Gasteiger partial charge in [0, 0.05) is 5.88 Å². The van der Waals surface area contributed by atoms with Crippen LogP contribution in [0.4, 0.5) is 4.79 Å². The fraction of sp³-hybridized carbons (Fsp3) is 0.462. The number of hydrogen-bond acceptors (Lipinski definition) is 2. The Morgan fingerprint density at radius 1 is 1.47 bits per heavy atom. The van der Waals surface area contributed by atoms with Crippen LogP contribution >= 0.6 is 11.6 Å². The zero-order chi connectivity index (χ0) is 12.3. The summed E-state index contributed by atoms with van der Waals surface area (Å²) in [5.41, 5.74) is 1.12. The molecule has 1 heterocycles. The summed E-state index contributed by atoms with van der Waals surface area (Å²) in [5.74, 6) is 0.541. The van der Waals surface area contributed by atoms with Crippen molar-refractivity contribution in [3.8, 4) is 0 Å². The first-order valence-electron chi connectivity index (χ1n) is 5.80. The maximum atomic E-state index is 11.7. The van der Waals surface area contributed by atoms with E-state index < -0.39 is 0 Å². The highest BCUT2D eigenvalue weighted by atomic mass is 35.5. The lowest BCUT2D eigenvalue weighted by Gasteiger charge is -2.27. The summed E-state index contributed by atoms with van der Waals surface area (Å²) in [5, 5.41) is 0. The van der Waals surface area contributed by atoms with Crippen LogP contribution in [-0.4, -0.2) is 29.5 Å². The molecule has 3 nitrogen and oxygen atoms in total. The predicted molar refractivity (Wildman–Crippen MR) is 67.2 cm³/mol. The maximum absolute atomic E-state index is 11.7. The molecule has 1 aromatic rings. The summed E-state index contributed by atoms with van der Waals surface area (Å²) in [6.07, 6.45) is 0.529. The van der Waals surface area contributed by atoms with Gasteiger partial charge >= 0.3 is 6.09 Å². The number of benzene rings is 1. The predicted octanol–water partition coefficient (Wildman–Crippen LogP) is 3.20. The van der Waals surface area contributed by atoms with E-state index in [0.29, 0.717) is 12.5 Å². The van der Waals surface area contributed by atoms with Gasteiger partial charge in [0.2, 0.25) is 0 Å². The van der Waals surface area contributed by atoms with E-state index in [-0.39, 0.29) is 18.2 Å². The Bertz CT molecular complexity index is 382. The molecule has 2 atom stereocenters. The highest BCUT2D eigenvalue weighted by molar-refractivity contribution is 6.17. The summed E-state index contributed by atoms with van der Waals surface area (Å²) in [7, 11) is 0. The Hall–Kier alpha value is -1.22. The van der Waals surface area contributed by atoms with Gasteiger partial charge in [0.15, 0.2) is 0 Å². The third-order valence-electron chi connectivity index (χ3n) is 3.14. The molecule has 2 rings (SSSR count). The van der Waals surface area contributed by atoms with Gasteiger partial charge < -0.3 is 4.74 Å². The van der Waals surface area contributed by atoms with Gasteiger partial charge in [-0.2, -0.15) is 0 Å². The van der Waals surface area contributed by atoms with Crippen LogP contribution in [0, 0.1) is 0 Å². The lowest BCUT2D eigenvalue weighted by molar-refractivity contribution is 0.146. The van der Waals surface area contributed by atoms with Crippen molar-refractivity contribution < 1.29 is 9.53 Å². The molecule has 0 saturated carbocycles. The largest absolute Gasteiger partial charge is 0.447 e. The van der Waals surface area contributed by atoms with E-state index in [1.807, 2.05) is 37.3 Å². The standard InChI is InChI=1S/C13H16ClNO2/c1-10(11-5-3-2-4-6-11)15-12(7-8-14)9-17-13(15)16/h2-6,10,12H,7-9H2,1H3/t10-,12+/m0/s1. The van der Waals surface area contributed by atoms with Gasteiger partial charge in [0.1, 0.15) is 6.61 Å². The number of alkyl halides is 1. The molecular weight excluding hydrogens is 238 g/mol. The van der Waals surface area contributed by atoms with Gasteiger partial charge in [-0.25, -0.2) is 4.79 Å². The summed E-state index contributed by atoms with van der Waals surface area (Å²) < 4.78 is 5.10. The molecule has 1 fully saturated rings. The average molecular weight is 254 g/mol. The third kappa shape index (κ3) is 2.55. The maximum Gasteiger partial charge on any atom is 0.410 e. The molecule has 0 bridgehead atoms. The first kappa shape index (κ1) is 12.2. The van der Waals surface area contributed by atoms with Crippen molar-refractivity contribution in [1.82, 2.24) is 4.90 Å². The Morgan fingerprint density at radius 3 is 2.82 bits per heavy atom. The van der Waals surface area contributed by atoms with Crippen LogP contribution in [0.25, 0.3) is 0 Å². The van der Waals surface area contributed by atoms with Crippen molar-refractivity contribution in [3.05, 3.63) is 35.9 Å². The second-order valence-corrected chi connectivity index (χ2v) is 4.58. The lowest BCUT2D eigenvalue weighted by Crippen LogP contribution is -2.36. The number of cyclic esters (lactones) is 1. The number of hydrogen-bond donors (Lipinski definition) is 0. The van der Waals surface area contributed by atoms with Gasteiger partial charge in [0.25, 0.3) is 0 Å². The van der Waals surface area contributed by atoms with Crippen molar-refractivity contribution in [1.29, 1.82) is 0 Å². The Morgan fingerprint density at radius 2 is 2.18 bits per heavy atom. The highest BCUT2D eigenvalue weighted by Gasteiger charge is 2.36. The number of nitrogens with zero attached hydrogens (tertiary/aromatic N) is 1. The molecular formula is C13H16ClNO2. The monoisotopic (exact) mass is 253 g/mol. The molecule has 0 radical (unpaired) electrons. The van der Waals surface area contributed by atoms with E-state index in [9.17, 15) is 4.79 Å². The number of ether oxygens (including phenoxy) is 1. The summed E-state index contributed by atoms with van der Waals surface area (Å²) >= 11 is 5.75. The molecule has 1 aliphatic heterocycles. The van der Waals surface area contributed by atoms with Crippen molar-refractivity contribution in [2.24, 2.45) is 0 Å². The van der Waals surface area contributed by atoms with Gasteiger partial charge in [-0.3, -0.25) is 4.90 Å². The van der Waals surface area contributed by atoms with Crippen LogP contribution in [-0.2, 0) is 4.74 Å². The minimum Gasteiger partial charge on any atom is -0.447 e. The molecule has 0 aromatic heterocycles. The van der Waals surface area contributed by atoms with E-state index >= 15 is 0 Å². The molecule has 92 valence electrons. The molecule has 4 heteroatoms. The SMILES string of the molecule is C[C@@H](c1ccccc1)N1C(=O)OC[C@H]1CCCl. The lowest BCUT2D eigenvalue weighted by atomic mass is 10.1. The van der Waals surface area contributed by atoms with Gasteiger partial charge in [-0.1, -0.05) is 30.3 Å². The van der Waals surface area contributed by atoms with Crippen LogP contribution in [0.15, 0.2) is 30.3 Å². The number of carbonyl (C=O) groups excluding carboxylic acids is 1. The third-order valence-corrected chi connectivity index (χ3v) is 3.36. The van der Waals surface area contributed by atoms with Crippen LogP contribution in [0.1, 0.15) is 24.9 Å². The normalized spacial score (nSPS) is 21.4. The molecule has 0 N–H and O–H groups in total. The first-order chi connectivity index (χ1) is 8.24. The Kier molecular flexibility index (Phi) is 3.89. The zero-order valence-electron chi connectivity index (χ0n) is 9.80. The molecule has 0 spiro atoms. The molecule has 1 saturated heterocycles. The second-order valence-electron chi connectivity index (χ2n) is 4.20. The Balaban J connectivity index is 2.16. The summed E-state index contributed by atoms with van der Waals surface area (Å²) in [4.78, 5) is 13.5. The molecule has 0 unspecified atom stereocenters. The van der Waals surface area contributed by atoms with E-state index in [4.69, 9.17) is 16.3 Å². The summed E-state index contributed by atoms with van der Waals surface area (Å²) in [6, 6.07) is 10.1. The minimum absolute atomic E-state index is 0.0272. The average Bonchev–Trinajstić information content (AvgIpc) is 2.71. The van der Waals surface area contributed by atoms with Crippen molar-refractivity contribution in [3.63, 3.8) is 0 Å². The topological polar surface area (TPSA) is 29.5 Å². The number of rotatable bonds is 4. The van der Waals surface area contributed by atoms with E-state index in [1.165, 1.54) is 0 Å². The first-order valence-corrected chi connectivity index (χ1v) is 6.33. The molecule has 17 heavy (non-hydrogen) atoms. The van der Waals surface area contributed by atoms with E-state index in [0.717, 1.165) is 12.0 Å². The molecule has 1 aliphatic rings. The van der Waals surface area contributed by atoms with E-state index in [2.05, 4.69) is 0 Å². The van der Waals surface area contributed by atoms with Crippen molar-refractivity contribution in [2.45, 2.75) is 25.4 Å². The van der Waals surface area contributed by atoms with Crippen LogP contribution in [0.2, 0.25) is 0 Å². The second kappa shape index (κ2) is 5.41. The zero-order valence-corrected chi connectivity index (χ0v) is 10.6. The van der Waals surface area contributed by atoms with Crippen LogP contribution in [0.3, 0.4) is 0 Å². The fourth-order valence-corrected chi connectivity index (χ4v) is 2.44. The van der Waals surface area contributed by atoms with Crippen molar-refractivity contribution in [2.75, 3.05) is 12.5 Å². The van der Waals surface area contributed by atoms with Crippen molar-refractivity contribution >= 4 is 17.7 Å². The van der Waals surface area contributed by atoms with E-state index in [1.54, 1.807) is 4.90 Å². The quantitative estimate of drug-likeness (QED) is 0.772. The van der Waals surface area contributed by atoms with Gasteiger partial charge in [-0.15, -0.1) is 11.6 Å². The van der Waals surface area contributed by atoms with Gasteiger partial charge in [0.05, 0.1) is 12.1 Å². The molecule has 0 aliphatic carbocycles. The number of amides is 1. The fourth-order valence-electron chi connectivity index (χ4n) is 2.19. The highest BCUT2D eigenvalue weighted by Crippen LogP contribution is 2.28. The number of halogens is 1. The van der Waals surface area contributed by atoms with Gasteiger partial charge in [-0.05, 0) is 18.9 Å². The van der Waals surface area contributed by atoms with Crippen LogP contribution < -0.4 is 0 Å². The Labute approximate surface area is 106 Å². The van der Waals surface area contributed by atoms with Crippen LogP contribution in [0.5, 0.6) is 0 Å². The number of carbonyl (C=O) groups is 1. The smallest absolute Gasteiger partial charge is 0.410 e. The minimum atomic E-state index is -0.239. The molecule has 1 aromatic carbocycles. The molecule has 1 amide bonds. The summed E-state index contributed by atoms with van der Waals surface area (Å²) in [6.45, 7) is 2.46.